The summed E-state index contributed by atoms with van der Waals surface area (Å²) in [6.07, 6.45) is 1.07. The predicted octanol–water partition coefficient (Wildman–Crippen LogP) is 0.210. The van der Waals surface area contributed by atoms with E-state index in [1.165, 1.54) is 0 Å². The first-order valence-corrected chi connectivity index (χ1v) is 5.30. The van der Waals surface area contributed by atoms with Gasteiger partial charge in [0.25, 0.3) is 0 Å². The Bertz CT molecular complexity index is 184. The van der Waals surface area contributed by atoms with E-state index in [4.69, 9.17) is 10.00 Å². The fraction of sp³-hybridized carbons (Fsp3) is 0.900. The fourth-order valence-corrected chi connectivity index (χ4v) is 1.51. The summed E-state index contributed by atoms with van der Waals surface area (Å²) in [7, 11) is 0. The average molecular weight is 197 g/mol. The van der Waals surface area contributed by atoms with Crippen LogP contribution in [0.1, 0.15) is 13.3 Å². The van der Waals surface area contributed by atoms with Crippen molar-refractivity contribution in [2.75, 3.05) is 39.4 Å². The van der Waals surface area contributed by atoms with Crippen molar-refractivity contribution in [3.8, 4) is 6.07 Å². The maximum absolute atomic E-state index is 8.91. The first-order valence-electron chi connectivity index (χ1n) is 5.30. The van der Waals surface area contributed by atoms with E-state index in [0.717, 1.165) is 45.8 Å². The first kappa shape index (κ1) is 11.4. The molecule has 0 aromatic heterocycles. The normalized spacial score (nSPS) is 20.3. The minimum atomic E-state index is -0.0342. The number of morpholine rings is 1. The molecule has 1 aliphatic rings. The summed E-state index contributed by atoms with van der Waals surface area (Å²) in [4.78, 5) is 2.28. The van der Waals surface area contributed by atoms with Gasteiger partial charge in [-0.2, -0.15) is 5.26 Å². The second-order valence-corrected chi connectivity index (χ2v) is 3.55. The van der Waals surface area contributed by atoms with Crippen LogP contribution in [0.2, 0.25) is 0 Å². The number of hydrogen-bond acceptors (Lipinski definition) is 4. The molecule has 0 saturated carbocycles. The summed E-state index contributed by atoms with van der Waals surface area (Å²) in [6, 6.07) is 2.26. The van der Waals surface area contributed by atoms with Gasteiger partial charge < -0.3 is 10.1 Å². The van der Waals surface area contributed by atoms with Crippen LogP contribution in [0, 0.1) is 11.3 Å². The zero-order chi connectivity index (χ0) is 10.2. The van der Waals surface area contributed by atoms with E-state index in [0.29, 0.717) is 0 Å². The smallest absolute Gasteiger partial charge is 0.108 e. The van der Waals surface area contributed by atoms with E-state index in [1.54, 1.807) is 0 Å². The van der Waals surface area contributed by atoms with Crippen LogP contribution < -0.4 is 5.32 Å². The van der Waals surface area contributed by atoms with Crippen LogP contribution >= 0.6 is 0 Å². The lowest BCUT2D eigenvalue weighted by molar-refractivity contribution is 0.0359. The number of ether oxygens (including phenoxy) is 1. The van der Waals surface area contributed by atoms with Crippen LogP contribution in [0.25, 0.3) is 0 Å². The minimum absolute atomic E-state index is 0.0342. The third kappa shape index (κ3) is 4.05. The van der Waals surface area contributed by atoms with Crippen LogP contribution in [0.15, 0.2) is 0 Å². The molecule has 14 heavy (non-hydrogen) atoms. The third-order valence-corrected chi connectivity index (χ3v) is 2.34. The third-order valence-electron chi connectivity index (χ3n) is 2.34. The van der Waals surface area contributed by atoms with Crippen molar-refractivity contribution < 1.29 is 4.74 Å². The summed E-state index contributed by atoms with van der Waals surface area (Å²) in [5.74, 6) is 0. The van der Waals surface area contributed by atoms with Gasteiger partial charge in [-0.3, -0.25) is 4.90 Å². The summed E-state index contributed by atoms with van der Waals surface area (Å²) in [5, 5.41) is 12.1. The highest BCUT2D eigenvalue weighted by Gasteiger charge is 2.15. The van der Waals surface area contributed by atoms with Crippen LogP contribution in [0.4, 0.5) is 0 Å². The van der Waals surface area contributed by atoms with Crippen molar-refractivity contribution in [1.29, 1.82) is 5.26 Å². The lowest BCUT2D eigenvalue weighted by atomic mass is 10.2. The fourth-order valence-electron chi connectivity index (χ4n) is 1.51. The molecule has 0 aromatic carbocycles. The summed E-state index contributed by atoms with van der Waals surface area (Å²) < 4.78 is 5.25. The Morgan fingerprint density at radius 3 is 2.79 bits per heavy atom. The molecular formula is C10H19N3O. The molecule has 4 heteroatoms. The average Bonchev–Trinajstić information content (AvgIpc) is 2.25. The van der Waals surface area contributed by atoms with Gasteiger partial charge in [0.15, 0.2) is 0 Å². The van der Waals surface area contributed by atoms with Crippen molar-refractivity contribution in [3.05, 3.63) is 0 Å². The zero-order valence-electron chi connectivity index (χ0n) is 8.83. The Morgan fingerprint density at radius 2 is 2.21 bits per heavy atom. The highest BCUT2D eigenvalue weighted by atomic mass is 16.5. The predicted molar refractivity (Wildman–Crippen MR) is 55.0 cm³/mol. The Hall–Kier alpha value is -0.630. The number of nitrogens with one attached hydrogen (secondary N) is 1. The van der Waals surface area contributed by atoms with Crippen molar-refractivity contribution >= 4 is 0 Å². The Labute approximate surface area is 85.8 Å². The number of hydrogen-bond donors (Lipinski definition) is 1. The van der Waals surface area contributed by atoms with Gasteiger partial charge in [0, 0.05) is 19.6 Å². The van der Waals surface area contributed by atoms with Crippen molar-refractivity contribution in [2.45, 2.75) is 19.4 Å². The molecule has 1 rings (SSSR count). The molecule has 1 atom stereocenters. The second kappa shape index (κ2) is 6.77. The highest BCUT2D eigenvalue weighted by molar-refractivity contribution is 4.92. The molecule has 1 heterocycles. The van der Waals surface area contributed by atoms with Gasteiger partial charge in [-0.15, -0.1) is 0 Å². The molecule has 0 radical (unpaired) electrons. The molecule has 0 amide bonds. The monoisotopic (exact) mass is 197 g/mol. The molecule has 1 fully saturated rings. The lowest BCUT2D eigenvalue weighted by Gasteiger charge is -2.28. The molecule has 1 aliphatic heterocycles. The quantitative estimate of drug-likeness (QED) is 0.684. The molecule has 1 N–H and O–H groups in total. The van der Waals surface area contributed by atoms with Gasteiger partial charge in [-0.1, -0.05) is 6.92 Å². The SMILES string of the molecule is CCCNC(C#N)CN1CCOCC1. The highest BCUT2D eigenvalue weighted by Crippen LogP contribution is 1.98. The molecule has 80 valence electrons. The van der Waals surface area contributed by atoms with E-state index < -0.39 is 0 Å². The Morgan fingerprint density at radius 1 is 1.50 bits per heavy atom. The van der Waals surface area contributed by atoms with Gasteiger partial charge in [0.1, 0.15) is 6.04 Å². The number of nitrogens with zero attached hydrogens (tertiary/aromatic N) is 2. The molecule has 0 aromatic rings. The van der Waals surface area contributed by atoms with Crippen molar-refractivity contribution in [3.63, 3.8) is 0 Å². The molecule has 0 spiro atoms. The first-order chi connectivity index (χ1) is 6.86. The molecule has 0 bridgehead atoms. The van der Waals surface area contributed by atoms with E-state index in [-0.39, 0.29) is 6.04 Å². The molecule has 1 saturated heterocycles. The minimum Gasteiger partial charge on any atom is -0.379 e. The van der Waals surface area contributed by atoms with Gasteiger partial charge in [-0.05, 0) is 13.0 Å². The van der Waals surface area contributed by atoms with E-state index >= 15 is 0 Å². The van der Waals surface area contributed by atoms with Crippen LogP contribution in [0.3, 0.4) is 0 Å². The van der Waals surface area contributed by atoms with Crippen LogP contribution in [0.5, 0.6) is 0 Å². The summed E-state index contributed by atoms with van der Waals surface area (Å²) >= 11 is 0. The molecule has 4 nitrogen and oxygen atoms in total. The lowest BCUT2D eigenvalue weighted by Crippen LogP contribution is -2.45. The van der Waals surface area contributed by atoms with Gasteiger partial charge in [-0.25, -0.2) is 0 Å². The topological polar surface area (TPSA) is 48.3 Å². The van der Waals surface area contributed by atoms with Crippen molar-refractivity contribution in [1.82, 2.24) is 10.2 Å². The van der Waals surface area contributed by atoms with E-state index in [2.05, 4.69) is 23.2 Å². The molecular weight excluding hydrogens is 178 g/mol. The van der Waals surface area contributed by atoms with Gasteiger partial charge in [0.05, 0.1) is 19.3 Å². The second-order valence-electron chi connectivity index (χ2n) is 3.55. The standard InChI is InChI=1S/C10H19N3O/c1-2-3-12-10(8-11)9-13-4-6-14-7-5-13/h10,12H,2-7,9H2,1H3. The van der Waals surface area contributed by atoms with E-state index in [9.17, 15) is 0 Å². The maximum Gasteiger partial charge on any atom is 0.108 e. The van der Waals surface area contributed by atoms with Gasteiger partial charge >= 0.3 is 0 Å². The van der Waals surface area contributed by atoms with Gasteiger partial charge in [0.2, 0.25) is 0 Å². The summed E-state index contributed by atoms with van der Waals surface area (Å²) in [6.45, 7) is 7.34. The zero-order valence-corrected chi connectivity index (χ0v) is 8.83. The summed E-state index contributed by atoms with van der Waals surface area (Å²) in [5.41, 5.74) is 0. The number of rotatable bonds is 5. The molecule has 0 aliphatic carbocycles. The van der Waals surface area contributed by atoms with Crippen LogP contribution in [-0.4, -0.2) is 50.3 Å². The molecule has 1 unspecified atom stereocenters. The maximum atomic E-state index is 8.91. The van der Waals surface area contributed by atoms with E-state index in [1.807, 2.05) is 0 Å². The number of nitriles is 1. The Kier molecular flexibility index (Phi) is 5.53. The largest absolute Gasteiger partial charge is 0.379 e. The van der Waals surface area contributed by atoms with Crippen LogP contribution in [-0.2, 0) is 4.74 Å². The Balaban J connectivity index is 2.21. The van der Waals surface area contributed by atoms with Crippen molar-refractivity contribution in [2.24, 2.45) is 0 Å².